The van der Waals surface area contributed by atoms with Crippen LogP contribution >= 0.6 is 0 Å². The summed E-state index contributed by atoms with van der Waals surface area (Å²) in [5.41, 5.74) is 1.69. The van der Waals surface area contributed by atoms with Gasteiger partial charge in [-0.15, -0.1) is 0 Å². The Morgan fingerprint density at radius 3 is 2.21 bits per heavy atom. The third-order valence-electron chi connectivity index (χ3n) is 3.43. The van der Waals surface area contributed by atoms with Gasteiger partial charge in [-0.1, -0.05) is 26.0 Å². The van der Waals surface area contributed by atoms with Crippen molar-refractivity contribution in [3.63, 3.8) is 0 Å². The number of carbonyl (C=O) groups excluding carboxylic acids is 1. The molecule has 0 unspecified atom stereocenters. The average Bonchev–Trinajstić information content (AvgIpc) is 2.37. The van der Waals surface area contributed by atoms with Crippen molar-refractivity contribution in [1.29, 1.82) is 0 Å². The van der Waals surface area contributed by atoms with Crippen LogP contribution in [0.5, 0.6) is 0 Å². The van der Waals surface area contributed by atoms with Crippen LogP contribution < -0.4 is 10.2 Å². The summed E-state index contributed by atoms with van der Waals surface area (Å²) in [6.07, 6.45) is 1.07. The van der Waals surface area contributed by atoms with Crippen LogP contribution in [-0.2, 0) is 11.2 Å². The highest BCUT2D eigenvalue weighted by molar-refractivity contribution is 5.99. The summed E-state index contributed by atoms with van der Waals surface area (Å²) >= 11 is 0. The molecule has 0 radical (unpaired) electrons. The standard InChI is InChI=1S/C16H26N2O/c1-12(2)11-13-7-9-14(10-8-13)18(6)15(19)16(3,4)17-5/h7-10,12,17H,11H2,1-6H3. The van der Waals surface area contributed by atoms with Gasteiger partial charge in [0.25, 0.3) is 0 Å². The first kappa shape index (κ1) is 15.7. The maximum absolute atomic E-state index is 12.3. The molecule has 1 rings (SSSR count). The van der Waals surface area contributed by atoms with Crippen molar-refractivity contribution in [2.24, 2.45) is 5.92 Å². The summed E-state index contributed by atoms with van der Waals surface area (Å²) in [4.78, 5) is 14.0. The predicted molar refractivity (Wildman–Crippen MR) is 81.5 cm³/mol. The Morgan fingerprint density at radius 2 is 1.79 bits per heavy atom. The average molecular weight is 262 g/mol. The largest absolute Gasteiger partial charge is 0.314 e. The molecule has 0 aliphatic rings. The smallest absolute Gasteiger partial charge is 0.246 e. The predicted octanol–water partition coefficient (Wildman–Crippen LogP) is 2.85. The number of benzene rings is 1. The Labute approximate surface area is 117 Å². The van der Waals surface area contributed by atoms with Crippen molar-refractivity contribution in [2.75, 3.05) is 19.0 Å². The van der Waals surface area contributed by atoms with Crippen molar-refractivity contribution < 1.29 is 4.79 Å². The summed E-state index contributed by atoms with van der Waals surface area (Å²) < 4.78 is 0. The fourth-order valence-corrected chi connectivity index (χ4v) is 1.97. The van der Waals surface area contributed by atoms with E-state index in [1.54, 1.807) is 11.9 Å². The normalized spacial score (nSPS) is 11.7. The number of amides is 1. The first-order valence-electron chi connectivity index (χ1n) is 6.84. The van der Waals surface area contributed by atoms with Gasteiger partial charge in [0.05, 0.1) is 5.54 Å². The molecule has 0 spiro atoms. The van der Waals surface area contributed by atoms with Gasteiger partial charge < -0.3 is 10.2 Å². The summed E-state index contributed by atoms with van der Waals surface area (Å²) in [7, 11) is 3.62. The molecule has 0 fully saturated rings. The second-order valence-corrected chi connectivity index (χ2v) is 6.00. The lowest BCUT2D eigenvalue weighted by atomic mass is 10.0. The van der Waals surface area contributed by atoms with E-state index >= 15 is 0 Å². The molecule has 3 nitrogen and oxygen atoms in total. The highest BCUT2D eigenvalue weighted by atomic mass is 16.2. The van der Waals surface area contributed by atoms with Crippen molar-refractivity contribution in [1.82, 2.24) is 5.32 Å². The van der Waals surface area contributed by atoms with Gasteiger partial charge in [-0.3, -0.25) is 4.79 Å². The molecular weight excluding hydrogens is 236 g/mol. The van der Waals surface area contributed by atoms with Crippen molar-refractivity contribution in [2.45, 2.75) is 39.7 Å². The summed E-state index contributed by atoms with van der Waals surface area (Å²) in [5, 5.41) is 3.04. The first-order valence-corrected chi connectivity index (χ1v) is 6.84. The number of carbonyl (C=O) groups is 1. The van der Waals surface area contributed by atoms with Crippen LogP contribution in [0.4, 0.5) is 5.69 Å². The Balaban J connectivity index is 2.83. The van der Waals surface area contributed by atoms with Crippen LogP contribution in [0.25, 0.3) is 0 Å². The molecule has 0 saturated carbocycles. The number of rotatable bonds is 5. The molecule has 1 amide bonds. The van der Waals surface area contributed by atoms with E-state index in [4.69, 9.17) is 0 Å². The van der Waals surface area contributed by atoms with Crippen LogP contribution in [0.1, 0.15) is 33.3 Å². The van der Waals surface area contributed by atoms with E-state index < -0.39 is 5.54 Å². The zero-order valence-electron chi connectivity index (χ0n) is 12.9. The highest BCUT2D eigenvalue weighted by Gasteiger charge is 2.28. The van der Waals surface area contributed by atoms with Gasteiger partial charge >= 0.3 is 0 Å². The Morgan fingerprint density at radius 1 is 1.26 bits per heavy atom. The van der Waals surface area contributed by atoms with E-state index in [-0.39, 0.29) is 5.91 Å². The fourth-order valence-electron chi connectivity index (χ4n) is 1.97. The molecule has 0 heterocycles. The molecule has 0 aromatic heterocycles. The second-order valence-electron chi connectivity index (χ2n) is 6.00. The molecular formula is C16H26N2O. The van der Waals surface area contributed by atoms with Gasteiger partial charge in [0.15, 0.2) is 0 Å². The Kier molecular flexibility index (Phi) is 5.12. The highest BCUT2D eigenvalue weighted by Crippen LogP contribution is 2.19. The molecule has 0 bridgehead atoms. The first-order chi connectivity index (χ1) is 8.77. The van der Waals surface area contributed by atoms with E-state index in [9.17, 15) is 4.79 Å². The van der Waals surface area contributed by atoms with Gasteiger partial charge in [-0.25, -0.2) is 0 Å². The third-order valence-corrected chi connectivity index (χ3v) is 3.43. The minimum absolute atomic E-state index is 0.0617. The minimum Gasteiger partial charge on any atom is -0.314 e. The van der Waals surface area contributed by atoms with E-state index in [2.05, 4.69) is 31.3 Å². The monoisotopic (exact) mass is 262 g/mol. The summed E-state index contributed by atoms with van der Waals surface area (Å²) in [6.45, 7) is 8.19. The zero-order valence-corrected chi connectivity index (χ0v) is 12.9. The van der Waals surface area contributed by atoms with E-state index in [0.717, 1.165) is 12.1 Å². The van der Waals surface area contributed by atoms with Crippen LogP contribution in [-0.4, -0.2) is 25.5 Å². The van der Waals surface area contributed by atoms with Crippen LogP contribution in [0.2, 0.25) is 0 Å². The SMILES string of the molecule is CNC(C)(C)C(=O)N(C)c1ccc(CC(C)C)cc1. The van der Waals surface area contributed by atoms with Crippen LogP contribution in [0.15, 0.2) is 24.3 Å². The number of likely N-dealkylation sites (N-methyl/N-ethyl adjacent to an activating group) is 2. The zero-order chi connectivity index (χ0) is 14.6. The summed E-state index contributed by atoms with van der Waals surface area (Å²) in [5.74, 6) is 0.708. The summed E-state index contributed by atoms with van der Waals surface area (Å²) in [6, 6.07) is 8.24. The van der Waals surface area contributed by atoms with Gasteiger partial charge in [0.2, 0.25) is 5.91 Å². The molecule has 1 aromatic carbocycles. The Bertz CT molecular complexity index is 421. The minimum atomic E-state index is -0.550. The van der Waals surface area contributed by atoms with Crippen molar-refractivity contribution >= 4 is 11.6 Å². The number of nitrogens with zero attached hydrogens (tertiary/aromatic N) is 1. The van der Waals surface area contributed by atoms with Gasteiger partial charge in [-0.2, -0.15) is 0 Å². The van der Waals surface area contributed by atoms with E-state index in [0.29, 0.717) is 5.92 Å². The number of nitrogens with one attached hydrogen (secondary N) is 1. The van der Waals surface area contributed by atoms with Crippen molar-refractivity contribution in [3.8, 4) is 0 Å². The van der Waals surface area contributed by atoms with Crippen LogP contribution in [0.3, 0.4) is 0 Å². The topological polar surface area (TPSA) is 32.3 Å². The molecule has 0 aliphatic heterocycles. The molecule has 0 atom stereocenters. The van der Waals surface area contributed by atoms with E-state index in [1.807, 2.05) is 33.0 Å². The molecule has 19 heavy (non-hydrogen) atoms. The second kappa shape index (κ2) is 6.20. The maximum atomic E-state index is 12.3. The Hall–Kier alpha value is -1.35. The molecule has 0 saturated heterocycles. The lowest BCUT2D eigenvalue weighted by molar-refractivity contribution is -0.123. The molecule has 1 aromatic rings. The number of anilines is 1. The number of hydrogen-bond donors (Lipinski definition) is 1. The lowest BCUT2D eigenvalue weighted by Crippen LogP contribution is -2.51. The fraction of sp³-hybridized carbons (Fsp3) is 0.562. The van der Waals surface area contributed by atoms with Crippen molar-refractivity contribution in [3.05, 3.63) is 29.8 Å². The molecule has 3 heteroatoms. The van der Waals surface area contributed by atoms with Gasteiger partial charge in [0, 0.05) is 12.7 Å². The molecule has 1 N–H and O–H groups in total. The molecule has 0 aliphatic carbocycles. The van der Waals surface area contributed by atoms with E-state index in [1.165, 1.54) is 5.56 Å². The molecule has 106 valence electrons. The van der Waals surface area contributed by atoms with Gasteiger partial charge in [0.1, 0.15) is 0 Å². The third kappa shape index (κ3) is 4.06. The quantitative estimate of drug-likeness (QED) is 0.885. The number of hydrogen-bond acceptors (Lipinski definition) is 2. The lowest BCUT2D eigenvalue weighted by Gasteiger charge is -2.29. The van der Waals surface area contributed by atoms with Crippen LogP contribution in [0, 0.1) is 5.92 Å². The maximum Gasteiger partial charge on any atom is 0.246 e. The van der Waals surface area contributed by atoms with Gasteiger partial charge in [-0.05, 0) is 50.9 Å².